The lowest BCUT2D eigenvalue weighted by molar-refractivity contribution is 0.414. The standard InChI is InChI=1S/C20H22N2O2/c1-24-19-12-10-16(11-13-19)8-5-9-18-15-22(20(23)21-18)14-17-6-3-2-4-7-17/h2-4,6-7,10-13,15H,5,8-9,14H2,1H3,(H,21,23). The highest BCUT2D eigenvalue weighted by Crippen LogP contribution is 2.13. The number of H-pyrrole nitrogens is 1. The van der Waals surface area contributed by atoms with Crippen LogP contribution in [0.15, 0.2) is 65.6 Å². The molecule has 1 heterocycles. The summed E-state index contributed by atoms with van der Waals surface area (Å²) in [5.74, 6) is 0.876. The minimum Gasteiger partial charge on any atom is -0.497 e. The van der Waals surface area contributed by atoms with Crippen LogP contribution in [-0.4, -0.2) is 16.7 Å². The van der Waals surface area contributed by atoms with E-state index in [2.05, 4.69) is 17.1 Å². The Morgan fingerprint density at radius 2 is 1.71 bits per heavy atom. The first-order chi connectivity index (χ1) is 11.7. The Balaban J connectivity index is 1.56. The number of ether oxygens (including phenoxy) is 1. The number of methoxy groups -OCH3 is 1. The Hall–Kier alpha value is -2.75. The highest BCUT2D eigenvalue weighted by Gasteiger charge is 2.04. The molecule has 0 fully saturated rings. The lowest BCUT2D eigenvalue weighted by Crippen LogP contribution is -2.16. The maximum absolute atomic E-state index is 12.0. The number of benzene rings is 2. The average Bonchev–Trinajstić information content (AvgIpc) is 2.96. The topological polar surface area (TPSA) is 47.0 Å². The van der Waals surface area contributed by atoms with E-state index in [4.69, 9.17) is 4.74 Å². The van der Waals surface area contributed by atoms with Crippen molar-refractivity contribution in [2.45, 2.75) is 25.8 Å². The van der Waals surface area contributed by atoms with E-state index in [9.17, 15) is 4.79 Å². The Labute approximate surface area is 141 Å². The molecule has 0 saturated carbocycles. The summed E-state index contributed by atoms with van der Waals surface area (Å²) < 4.78 is 6.90. The van der Waals surface area contributed by atoms with E-state index in [0.717, 1.165) is 36.3 Å². The molecule has 124 valence electrons. The van der Waals surface area contributed by atoms with Crippen molar-refractivity contribution in [1.82, 2.24) is 9.55 Å². The number of imidazole rings is 1. The van der Waals surface area contributed by atoms with Crippen LogP contribution in [0.5, 0.6) is 5.75 Å². The van der Waals surface area contributed by atoms with Crippen molar-refractivity contribution in [3.63, 3.8) is 0 Å². The summed E-state index contributed by atoms with van der Waals surface area (Å²) in [7, 11) is 1.67. The van der Waals surface area contributed by atoms with Crippen LogP contribution < -0.4 is 10.4 Å². The van der Waals surface area contributed by atoms with E-state index in [-0.39, 0.29) is 5.69 Å². The molecule has 0 aliphatic heterocycles. The van der Waals surface area contributed by atoms with E-state index < -0.39 is 0 Å². The second-order valence-corrected chi connectivity index (χ2v) is 5.90. The number of aryl methyl sites for hydroxylation is 2. The van der Waals surface area contributed by atoms with Crippen LogP contribution in [0, 0.1) is 0 Å². The summed E-state index contributed by atoms with van der Waals surface area (Å²) in [5, 5.41) is 0. The number of aromatic amines is 1. The lowest BCUT2D eigenvalue weighted by Gasteiger charge is -2.03. The van der Waals surface area contributed by atoms with Gasteiger partial charge < -0.3 is 9.72 Å². The van der Waals surface area contributed by atoms with Crippen LogP contribution in [-0.2, 0) is 19.4 Å². The summed E-state index contributed by atoms with van der Waals surface area (Å²) >= 11 is 0. The molecule has 0 atom stereocenters. The Morgan fingerprint density at radius 1 is 0.958 bits per heavy atom. The molecule has 0 amide bonds. The SMILES string of the molecule is COc1ccc(CCCc2cn(Cc3ccccc3)c(=O)[nH]2)cc1. The molecule has 0 spiro atoms. The molecule has 1 aromatic heterocycles. The predicted molar refractivity (Wildman–Crippen MR) is 95.6 cm³/mol. The summed E-state index contributed by atoms with van der Waals surface area (Å²) in [4.78, 5) is 15.0. The van der Waals surface area contributed by atoms with E-state index in [1.54, 1.807) is 11.7 Å². The fourth-order valence-corrected chi connectivity index (χ4v) is 2.79. The second kappa shape index (κ2) is 7.68. The average molecular weight is 322 g/mol. The first-order valence-corrected chi connectivity index (χ1v) is 8.20. The van der Waals surface area contributed by atoms with Gasteiger partial charge in [-0.05, 0) is 42.5 Å². The van der Waals surface area contributed by atoms with Gasteiger partial charge >= 0.3 is 5.69 Å². The van der Waals surface area contributed by atoms with Crippen LogP contribution in [0.25, 0.3) is 0 Å². The van der Waals surface area contributed by atoms with Crippen LogP contribution in [0.1, 0.15) is 23.2 Å². The third-order valence-corrected chi connectivity index (χ3v) is 4.11. The molecule has 4 nitrogen and oxygen atoms in total. The zero-order chi connectivity index (χ0) is 16.8. The Morgan fingerprint density at radius 3 is 2.42 bits per heavy atom. The first-order valence-electron chi connectivity index (χ1n) is 8.20. The van der Waals surface area contributed by atoms with Crippen molar-refractivity contribution in [2.75, 3.05) is 7.11 Å². The molecule has 0 saturated heterocycles. The van der Waals surface area contributed by atoms with Gasteiger partial charge in [0.25, 0.3) is 0 Å². The molecule has 0 unspecified atom stereocenters. The highest BCUT2D eigenvalue weighted by atomic mass is 16.5. The quantitative estimate of drug-likeness (QED) is 0.724. The van der Waals surface area contributed by atoms with E-state index in [1.807, 2.05) is 48.7 Å². The zero-order valence-corrected chi connectivity index (χ0v) is 13.9. The van der Waals surface area contributed by atoms with Gasteiger partial charge in [0.2, 0.25) is 0 Å². The minimum atomic E-state index is -0.0432. The molecule has 3 aromatic rings. The Bertz CT molecular complexity index is 817. The molecule has 24 heavy (non-hydrogen) atoms. The monoisotopic (exact) mass is 322 g/mol. The summed E-state index contributed by atoms with van der Waals surface area (Å²) in [5.41, 5.74) is 3.35. The second-order valence-electron chi connectivity index (χ2n) is 5.90. The molecular formula is C20H22N2O2. The zero-order valence-electron chi connectivity index (χ0n) is 13.9. The number of rotatable bonds is 7. The van der Waals surface area contributed by atoms with E-state index in [1.165, 1.54) is 5.56 Å². The Kier molecular flexibility index (Phi) is 5.16. The van der Waals surface area contributed by atoms with Gasteiger partial charge in [0.1, 0.15) is 5.75 Å². The third kappa shape index (κ3) is 4.16. The fraction of sp³-hybridized carbons (Fsp3) is 0.250. The molecule has 1 N–H and O–H groups in total. The summed E-state index contributed by atoms with van der Waals surface area (Å²) in [6.07, 6.45) is 4.78. The molecule has 2 aromatic carbocycles. The van der Waals surface area contributed by atoms with Crippen molar-refractivity contribution in [2.24, 2.45) is 0 Å². The lowest BCUT2D eigenvalue weighted by atomic mass is 10.1. The number of aromatic nitrogens is 2. The van der Waals surface area contributed by atoms with Gasteiger partial charge in [0.15, 0.2) is 0 Å². The van der Waals surface area contributed by atoms with E-state index in [0.29, 0.717) is 6.54 Å². The van der Waals surface area contributed by atoms with Crippen molar-refractivity contribution in [1.29, 1.82) is 0 Å². The van der Waals surface area contributed by atoms with Gasteiger partial charge in [-0.3, -0.25) is 4.57 Å². The van der Waals surface area contributed by atoms with Crippen molar-refractivity contribution in [3.05, 3.63) is 88.1 Å². The fourth-order valence-electron chi connectivity index (χ4n) is 2.79. The minimum absolute atomic E-state index is 0.0432. The van der Waals surface area contributed by atoms with Gasteiger partial charge in [0, 0.05) is 11.9 Å². The van der Waals surface area contributed by atoms with Crippen molar-refractivity contribution >= 4 is 0 Å². The van der Waals surface area contributed by atoms with Crippen LogP contribution in [0.4, 0.5) is 0 Å². The van der Waals surface area contributed by atoms with E-state index >= 15 is 0 Å². The van der Waals surface area contributed by atoms with Gasteiger partial charge in [-0.15, -0.1) is 0 Å². The predicted octanol–water partition coefficient (Wildman–Crippen LogP) is 3.41. The molecule has 0 bridgehead atoms. The first kappa shape index (κ1) is 16.1. The summed E-state index contributed by atoms with van der Waals surface area (Å²) in [6, 6.07) is 18.1. The molecule has 4 heteroatoms. The van der Waals surface area contributed by atoms with Crippen LogP contribution in [0.3, 0.4) is 0 Å². The molecular weight excluding hydrogens is 300 g/mol. The number of nitrogens with zero attached hydrogens (tertiary/aromatic N) is 1. The largest absolute Gasteiger partial charge is 0.497 e. The summed E-state index contributed by atoms with van der Waals surface area (Å²) in [6.45, 7) is 0.606. The third-order valence-electron chi connectivity index (χ3n) is 4.11. The van der Waals surface area contributed by atoms with Gasteiger partial charge in [0.05, 0.1) is 13.7 Å². The molecule has 3 rings (SSSR count). The number of nitrogens with one attached hydrogen (secondary N) is 1. The maximum Gasteiger partial charge on any atom is 0.326 e. The van der Waals surface area contributed by atoms with Gasteiger partial charge in [-0.25, -0.2) is 4.79 Å². The van der Waals surface area contributed by atoms with Crippen molar-refractivity contribution in [3.8, 4) is 5.75 Å². The molecule has 0 aliphatic carbocycles. The number of hydrogen-bond donors (Lipinski definition) is 1. The maximum atomic E-state index is 12.0. The normalized spacial score (nSPS) is 10.7. The van der Waals surface area contributed by atoms with Gasteiger partial charge in [-0.1, -0.05) is 42.5 Å². The highest BCUT2D eigenvalue weighted by molar-refractivity contribution is 5.27. The van der Waals surface area contributed by atoms with Gasteiger partial charge in [-0.2, -0.15) is 0 Å². The smallest absolute Gasteiger partial charge is 0.326 e. The van der Waals surface area contributed by atoms with Crippen LogP contribution in [0.2, 0.25) is 0 Å². The van der Waals surface area contributed by atoms with Crippen molar-refractivity contribution < 1.29 is 4.74 Å². The van der Waals surface area contributed by atoms with Crippen LogP contribution >= 0.6 is 0 Å². The molecule has 0 aliphatic rings. The number of hydrogen-bond acceptors (Lipinski definition) is 2. The molecule has 0 radical (unpaired) electrons.